The van der Waals surface area contributed by atoms with Crippen molar-refractivity contribution in [3.63, 3.8) is 0 Å². The highest BCUT2D eigenvalue weighted by Crippen LogP contribution is 2.21. The number of halogens is 1. The van der Waals surface area contributed by atoms with Gasteiger partial charge < -0.3 is 20.8 Å². The summed E-state index contributed by atoms with van der Waals surface area (Å²) in [6.45, 7) is 0.591. The lowest BCUT2D eigenvalue weighted by molar-refractivity contribution is 0.153. The number of ether oxygens (including phenoxy) is 1. The van der Waals surface area contributed by atoms with Gasteiger partial charge in [0.25, 0.3) is 0 Å². The zero-order valence-corrected chi connectivity index (χ0v) is 10.5. The van der Waals surface area contributed by atoms with Crippen molar-refractivity contribution in [3.8, 4) is 0 Å². The van der Waals surface area contributed by atoms with Gasteiger partial charge in [-0.15, -0.1) is 0 Å². The summed E-state index contributed by atoms with van der Waals surface area (Å²) in [5.41, 5.74) is 12.3. The van der Waals surface area contributed by atoms with E-state index in [0.29, 0.717) is 12.5 Å². The number of nitrogens with two attached hydrogens (primary N) is 2. The quantitative estimate of drug-likeness (QED) is 0.897. The predicted molar refractivity (Wildman–Crippen MR) is 67.4 cm³/mol. The third-order valence-corrected chi connectivity index (χ3v) is 2.79. The third-order valence-electron chi connectivity index (χ3n) is 2.30. The first kappa shape index (κ1) is 11.7. The summed E-state index contributed by atoms with van der Waals surface area (Å²) >= 11 is 3.36. The summed E-state index contributed by atoms with van der Waals surface area (Å²) in [7, 11) is 0. The second-order valence-corrected chi connectivity index (χ2v) is 4.34. The lowest BCUT2D eigenvalue weighted by atomic mass is 10.3. The van der Waals surface area contributed by atoms with Gasteiger partial charge >= 0.3 is 6.09 Å². The number of carbonyl (C=O) groups excluding carboxylic acids is 1. The van der Waals surface area contributed by atoms with Crippen LogP contribution >= 0.6 is 15.9 Å². The van der Waals surface area contributed by atoms with Crippen LogP contribution in [0.25, 0.3) is 11.0 Å². The van der Waals surface area contributed by atoms with E-state index in [1.807, 2.05) is 18.2 Å². The Kier molecular flexibility index (Phi) is 3.19. The molecule has 1 aromatic carbocycles. The maximum absolute atomic E-state index is 10.5. The van der Waals surface area contributed by atoms with Gasteiger partial charge in [-0.25, -0.2) is 9.78 Å². The number of primary amides is 1. The molecule has 90 valence electrons. The lowest BCUT2D eigenvalue weighted by Gasteiger charge is -2.06. The Labute approximate surface area is 106 Å². The molecular formula is C10H11BrN4O2. The molecule has 0 aliphatic rings. The molecule has 7 heteroatoms. The van der Waals surface area contributed by atoms with Crippen LogP contribution in [-0.2, 0) is 11.3 Å². The topological polar surface area (TPSA) is 96.2 Å². The number of imidazole rings is 1. The smallest absolute Gasteiger partial charge is 0.404 e. The van der Waals surface area contributed by atoms with Crippen LogP contribution in [0.2, 0.25) is 0 Å². The average Bonchev–Trinajstić information content (AvgIpc) is 2.54. The number of carbonyl (C=O) groups is 1. The van der Waals surface area contributed by atoms with E-state index in [1.165, 1.54) is 0 Å². The van der Waals surface area contributed by atoms with Gasteiger partial charge in [0.2, 0.25) is 5.95 Å². The summed E-state index contributed by atoms with van der Waals surface area (Å²) < 4.78 is 7.37. The van der Waals surface area contributed by atoms with Gasteiger partial charge in [0.05, 0.1) is 17.6 Å². The Morgan fingerprint density at radius 1 is 1.53 bits per heavy atom. The standard InChI is InChI=1S/C10H11BrN4O2/c11-6-1-2-8-7(5-6)14-9(12)15(8)3-4-17-10(13)16/h1-2,5H,3-4H2,(H2,12,14)(H2,13,16). The first-order chi connectivity index (χ1) is 8.08. The number of aromatic nitrogens is 2. The summed E-state index contributed by atoms with van der Waals surface area (Å²) in [6, 6.07) is 5.67. The van der Waals surface area contributed by atoms with E-state index >= 15 is 0 Å². The molecule has 0 fully saturated rings. The van der Waals surface area contributed by atoms with Crippen LogP contribution in [0.5, 0.6) is 0 Å². The Bertz CT molecular complexity index is 567. The summed E-state index contributed by atoms with van der Waals surface area (Å²) in [6.07, 6.45) is -0.796. The number of hydrogen-bond donors (Lipinski definition) is 2. The van der Waals surface area contributed by atoms with E-state index < -0.39 is 6.09 Å². The van der Waals surface area contributed by atoms with Gasteiger partial charge in [0.15, 0.2) is 0 Å². The van der Waals surface area contributed by atoms with Crippen molar-refractivity contribution < 1.29 is 9.53 Å². The van der Waals surface area contributed by atoms with Gasteiger partial charge in [0, 0.05) is 4.47 Å². The van der Waals surface area contributed by atoms with E-state index in [2.05, 4.69) is 25.7 Å². The first-order valence-corrected chi connectivity index (χ1v) is 5.70. The maximum atomic E-state index is 10.5. The number of rotatable bonds is 3. The van der Waals surface area contributed by atoms with Crippen molar-refractivity contribution in [1.82, 2.24) is 9.55 Å². The molecule has 1 heterocycles. The minimum absolute atomic E-state index is 0.168. The number of hydrogen-bond acceptors (Lipinski definition) is 4. The second-order valence-electron chi connectivity index (χ2n) is 3.42. The van der Waals surface area contributed by atoms with Gasteiger partial charge in [-0.2, -0.15) is 0 Å². The predicted octanol–water partition coefficient (Wildman–Crippen LogP) is 1.48. The number of anilines is 1. The van der Waals surface area contributed by atoms with E-state index in [1.54, 1.807) is 4.57 Å². The van der Waals surface area contributed by atoms with Crippen molar-refractivity contribution in [2.45, 2.75) is 6.54 Å². The van der Waals surface area contributed by atoms with Crippen LogP contribution in [0, 0.1) is 0 Å². The van der Waals surface area contributed by atoms with Crippen LogP contribution in [0.1, 0.15) is 0 Å². The maximum Gasteiger partial charge on any atom is 0.404 e. The molecular weight excluding hydrogens is 288 g/mol. The van der Waals surface area contributed by atoms with Crippen molar-refractivity contribution in [2.75, 3.05) is 12.3 Å². The molecule has 1 amide bonds. The summed E-state index contributed by atoms with van der Waals surface area (Å²) in [5, 5.41) is 0. The van der Waals surface area contributed by atoms with E-state index in [0.717, 1.165) is 15.5 Å². The fourth-order valence-electron chi connectivity index (χ4n) is 1.59. The molecule has 0 atom stereocenters. The molecule has 0 aliphatic heterocycles. The molecule has 0 saturated carbocycles. The zero-order valence-electron chi connectivity index (χ0n) is 8.89. The highest BCUT2D eigenvalue weighted by Gasteiger charge is 2.08. The third kappa shape index (κ3) is 2.50. The second kappa shape index (κ2) is 4.62. The molecule has 2 rings (SSSR count). The molecule has 0 radical (unpaired) electrons. The van der Waals surface area contributed by atoms with Crippen LogP contribution < -0.4 is 11.5 Å². The molecule has 0 unspecified atom stereocenters. The number of amides is 1. The van der Waals surface area contributed by atoms with Crippen LogP contribution in [0.4, 0.5) is 10.7 Å². The monoisotopic (exact) mass is 298 g/mol. The van der Waals surface area contributed by atoms with Gasteiger partial charge in [-0.3, -0.25) is 0 Å². The van der Waals surface area contributed by atoms with Crippen molar-refractivity contribution in [2.24, 2.45) is 5.73 Å². The number of benzene rings is 1. The van der Waals surface area contributed by atoms with Crippen LogP contribution in [0.3, 0.4) is 0 Å². The fourth-order valence-corrected chi connectivity index (χ4v) is 1.94. The average molecular weight is 299 g/mol. The molecule has 4 N–H and O–H groups in total. The summed E-state index contributed by atoms with van der Waals surface area (Å²) in [4.78, 5) is 14.7. The van der Waals surface area contributed by atoms with E-state index in [4.69, 9.17) is 11.5 Å². The molecule has 0 saturated heterocycles. The minimum atomic E-state index is -0.796. The highest BCUT2D eigenvalue weighted by molar-refractivity contribution is 9.10. The molecule has 1 aromatic heterocycles. The van der Waals surface area contributed by atoms with Gasteiger partial charge in [-0.1, -0.05) is 15.9 Å². The van der Waals surface area contributed by atoms with Gasteiger partial charge in [0.1, 0.15) is 6.61 Å². The first-order valence-electron chi connectivity index (χ1n) is 4.91. The highest BCUT2D eigenvalue weighted by atomic mass is 79.9. The largest absolute Gasteiger partial charge is 0.448 e. The van der Waals surface area contributed by atoms with Crippen LogP contribution in [-0.4, -0.2) is 22.3 Å². The molecule has 0 spiro atoms. The SMILES string of the molecule is NC(=O)OCCn1c(N)nc2cc(Br)ccc21. The Morgan fingerprint density at radius 2 is 2.29 bits per heavy atom. The minimum Gasteiger partial charge on any atom is -0.448 e. The normalized spacial score (nSPS) is 10.6. The Hall–Kier alpha value is -1.76. The molecule has 0 aliphatic carbocycles. The number of nitrogen functional groups attached to an aromatic ring is 1. The molecule has 2 aromatic rings. The van der Waals surface area contributed by atoms with E-state index in [9.17, 15) is 4.79 Å². The van der Waals surface area contributed by atoms with Crippen molar-refractivity contribution >= 4 is 39.0 Å². The fraction of sp³-hybridized carbons (Fsp3) is 0.200. The van der Waals surface area contributed by atoms with Gasteiger partial charge in [-0.05, 0) is 18.2 Å². The van der Waals surface area contributed by atoms with Crippen molar-refractivity contribution in [3.05, 3.63) is 22.7 Å². The Morgan fingerprint density at radius 3 is 3.00 bits per heavy atom. The van der Waals surface area contributed by atoms with E-state index in [-0.39, 0.29) is 6.61 Å². The summed E-state index contributed by atoms with van der Waals surface area (Å²) in [5.74, 6) is 0.381. The number of nitrogens with zero attached hydrogens (tertiary/aromatic N) is 2. The molecule has 0 bridgehead atoms. The lowest BCUT2D eigenvalue weighted by Crippen LogP contribution is -2.17. The number of fused-ring (bicyclic) bond motifs is 1. The molecule has 6 nitrogen and oxygen atoms in total. The van der Waals surface area contributed by atoms with Crippen molar-refractivity contribution in [1.29, 1.82) is 0 Å². The van der Waals surface area contributed by atoms with Crippen LogP contribution in [0.15, 0.2) is 22.7 Å². The zero-order chi connectivity index (χ0) is 12.4. The Balaban J connectivity index is 2.27. The molecule has 17 heavy (non-hydrogen) atoms.